The van der Waals surface area contributed by atoms with E-state index in [1.807, 2.05) is 31.0 Å². The van der Waals surface area contributed by atoms with Crippen molar-refractivity contribution in [1.82, 2.24) is 29.6 Å². The Morgan fingerprint density at radius 3 is 2.71 bits per heavy atom. The molecule has 4 rings (SSSR count). The van der Waals surface area contributed by atoms with Gasteiger partial charge < -0.3 is 4.90 Å². The van der Waals surface area contributed by atoms with E-state index in [9.17, 15) is 4.79 Å². The zero-order valence-electron chi connectivity index (χ0n) is 18.1. The van der Waals surface area contributed by atoms with Crippen molar-refractivity contribution in [1.29, 1.82) is 0 Å². The molecule has 1 aliphatic heterocycles. The Bertz CT molecular complexity index is 1060. The third-order valence-corrected chi connectivity index (χ3v) is 6.23. The van der Waals surface area contributed by atoms with E-state index in [0.29, 0.717) is 28.6 Å². The van der Waals surface area contributed by atoms with Gasteiger partial charge in [0.05, 0.1) is 16.3 Å². The Balaban J connectivity index is 1.62. The van der Waals surface area contributed by atoms with Crippen LogP contribution >= 0.6 is 11.6 Å². The molecule has 2 atom stereocenters. The van der Waals surface area contributed by atoms with Crippen molar-refractivity contribution in [3.63, 3.8) is 0 Å². The second-order valence-corrected chi connectivity index (χ2v) is 8.73. The maximum Gasteiger partial charge on any atom is 0.256 e. The van der Waals surface area contributed by atoms with Crippen molar-refractivity contribution in [3.05, 3.63) is 58.9 Å². The molecule has 1 amide bonds. The van der Waals surface area contributed by atoms with Crippen molar-refractivity contribution >= 4 is 17.5 Å². The molecule has 1 saturated heterocycles. The largest absolute Gasteiger partial charge is 0.335 e. The fraction of sp³-hybridized carbons (Fsp3) is 0.435. The minimum absolute atomic E-state index is 0.0287. The molecule has 0 radical (unpaired) electrons. The van der Waals surface area contributed by atoms with Crippen molar-refractivity contribution < 1.29 is 4.79 Å². The van der Waals surface area contributed by atoms with Crippen LogP contribution in [-0.4, -0.2) is 48.1 Å². The molecular weight excluding hydrogens is 412 g/mol. The van der Waals surface area contributed by atoms with Crippen LogP contribution in [0.5, 0.6) is 0 Å². The fourth-order valence-corrected chi connectivity index (χ4v) is 4.48. The number of nitrogens with zero attached hydrogens (tertiary/aromatic N) is 6. The molecule has 1 fully saturated rings. The maximum absolute atomic E-state index is 13.8. The Morgan fingerprint density at radius 2 is 2.00 bits per heavy atom. The Kier molecular flexibility index (Phi) is 6.32. The average molecular weight is 439 g/mol. The highest BCUT2D eigenvalue weighted by molar-refractivity contribution is 6.30. The molecule has 0 spiro atoms. The van der Waals surface area contributed by atoms with Crippen molar-refractivity contribution in [2.45, 2.75) is 45.6 Å². The number of piperidine rings is 1. The summed E-state index contributed by atoms with van der Waals surface area (Å²) in [4.78, 5) is 29.1. The second kappa shape index (κ2) is 9.14. The van der Waals surface area contributed by atoms with E-state index >= 15 is 0 Å². The minimum Gasteiger partial charge on any atom is -0.335 e. The monoisotopic (exact) mass is 438 g/mol. The molecule has 31 heavy (non-hydrogen) atoms. The smallest absolute Gasteiger partial charge is 0.256 e. The van der Waals surface area contributed by atoms with E-state index in [4.69, 9.17) is 11.6 Å². The van der Waals surface area contributed by atoms with Gasteiger partial charge in [0, 0.05) is 50.8 Å². The predicted molar refractivity (Wildman–Crippen MR) is 120 cm³/mol. The van der Waals surface area contributed by atoms with Crippen LogP contribution in [0.3, 0.4) is 0 Å². The van der Waals surface area contributed by atoms with Gasteiger partial charge in [-0.1, -0.05) is 18.5 Å². The molecule has 3 aromatic heterocycles. The summed E-state index contributed by atoms with van der Waals surface area (Å²) in [6.45, 7) is 4.93. The molecule has 162 valence electrons. The van der Waals surface area contributed by atoms with Crippen LogP contribution in [0.1, 0.15) is 47.9 Å². The summed E-state index contributed by atoms with van der Waals surface area (Å²) in [5, 5.41) is 4.78. The molecule has 0 unspecified atom stereocenters. The van der Waals surface area contributed by atoms with Crippen LogP contribution in [0.4, 0.5) is 0 Å². The van der Waals surface area contributed by atoms with E-state index in [1.54, 1.807) is 29.5 Å². The van der Waals surface area contributed by atoms with Gasteiger partial charge in [-0.25, -0.2) is 9.97 Å². The van der Waals surface area contributed by atoms with Crippen molar-refractivity contribution in [2.24, 2.45) is 13.0 Å². The SMILES string of the molecule is Cc1cnc(-c2ccnn2C)c(C(=O)N2CCC[C@@H](C)[C@H]2CCc2ncc(Cl)cn2)c1. The average Bonchev–Trinajstić information content (AvgIpc) is 3.19. The molecule has 3 aromatic rings. The van der Waals surface area contributed by atoms with Gasteiger partial charge in [0.2, 0.25) is 0 Å². The first-order valence-corrected chi connectivity index (χ1v) is 11.0. The number of aromatic nitrogens is 5. The number of rotatable bonds is 5. The predicted octanol–water partition coefficient (Wildman–Crippen LogP) is 4.11. The standard InChI is InChI=1S/C23H27ClN6O/c1-15-11-18(22(27-12-15)20-8-9-28-29(20)3)23(31)30-10-4-5-16(2)19(30)6-7-21-25-13-17(24)14-26-21/h8-9,11-14,16,19H,4-7,10H2,1-3H3/t16-,19-/m1/s1. The van der Waals surface area contributed by atoms with Gasteiger partial charge in [-0.15, -0.1) is 0 Å². The zero-order chi connectivity index (χ0) is 22.0. The quantitative estimate of drug-likeness (QED) is 0.599. The summed E-state index contributed by atoms with van der Waals surface area (Å²) in [5.74, 6) is 1.19. The van der Waals surface area contributed by atoms with E-state index in [1.165, 1.54) is 0 Å². The molecule has 0 N–H and O–H groups in total. The third kappa shape index (κ3) is 4.61. The van der Waals surface area contributed by atoms with Crippen LogP contribution in [0.25, 0.3) is 11.4 Å². The number of hydrogen-bond acceptors (Lipinski definition) is 5. The number of carbonyl (C=O) groups excluding carboxylic acids is 1. The lowest BCUT2D eigenvalue weighted by Crippen LogP contribution is -2.48. The number of aryl methyl sites for hydroxylation is 3. The molecule has 0 aromatic carbocycles. The van der Waals surface area contributed by atoms with E-state index in [0.717, 1.165) is 42.9 Å². The van der Waals surface area contributed by atoms with E-state index in [2.05, 4.69) is 27.0 Å². The van der Waals surface area contributed by atoms with Crippen molar-refractivity contribution in [3.8, 4) is 11.4 Å². The van der Waals surface area contributed by atoms with Crippen LogP contribution in [0, 0.1) is 12.8 Å². The van der Waals surface area contributed by atoms with Crippen molar-refractivity contribution in [2.75, 3.05) is 6.54 Å². The molecule has 4 heterocycles. The van der Waals surface area contributed by atoms with Gasteiger partial charge in [0.25, 0.3) is 5.91 Å². The Labute approximate surface area is 187 Å². The highest BCUT2D eigenvalue weighted by Gasteiger charge is 2.33. The maximum atomic E-state index is 13.8. The van der Waals surface area contributed by atoms with Crippen LogP contribution < -0.4 is 0 Å². The number of pyridine rings is 1. The Hall–Kier alpha value is -2.80. The first-order chi connectivity index (χ1) is 14.9. The van der Waals surface area contributed by atoms with Gasteiger partial charge in [-0.2, -0.15) is 5.10 Å². The van der Waals surface area contributed by atoms with Crippen LogP contribution in [-0.2, 0) is 13.5 Å². The first kappa shape index (κ1) is 21.4. The van der Waals surface area contributed by atoms with E-state index in [-0.39, 0.29) is 11.9 Å². The summed E-state index contributed by atoms with van der Waals surface area (Å²) in [6, 6.07) is 3.96. The molecular formula is C23H27ClN6O. The molecule has 1 aliphatic rings. The van der Waals surface area contributed by atoms with Gasteiger partial charge in [-0.05, 0) is 49.8 Å². The number of amides is 1. The van der Waals surface area contributed by atoms with Gasteiger partial charge in [-0.3, -0.25) is 14.5 Å². The van der Waals surface area contributed by atoms with Gasteiger partial charge in [0.15, 0.2) is 0 Å². The van der Waals surface area contributed by atoms with E-state index < -0.39 is 0 Å². The Morgan fingerprint density at radius 1 is 1.23 bits per heavy atom. The first-order valence-electron chi connectivity index (χ1n) is 10.7. The molecule has 7 nitrogen and oxygen atoms in total. The topological polar surface area (TPSA) is 76.8 Å². The summed E-state index contributed by atoms with van der Waals surface area (Å²) in [5.41, 5.74) is 3.10. The summed E-state index contributed by atoms with van der Waals surface area (Å²) in [7, 11) is 1.86. The highest BCUT2D eigenvalue weighted by Crippen LogP contribution is 2.30. The molecule has 0 saturated carbocycles. The second-order valence-electron chi connectivity index (χ2n) is 8.29. The van der Waals surface area contributed by atoms with Gasteiger partial charge in [0.1, 0.15) is 11.5 Å². The lowest BCUT2D eigenvalue weighted by Gasteiger charge is -2.40. The number of hydrogen-bond donors (Lipinski definition) is 0. The lowest BCUT2D eigenvalue weighted by molar-refractivity contribution is 0.0498. The van der Waals surface area contributed by atoms with Crippen LogP contribution in [0.15, 0.2) is 36.9 Å². The zero-order valence-corrected chi connectivity index (χ0v) is 18.9. The normalized spacial score (nSPS) is 18.9. The number of likely N-dealkylation sites (tertiary alicyclic amines) is 1. The minimum atomic E-state index is 0.0287. The summed E-state index contributed by atoms with van der Waals surface area (Å²) >= 11 is 5.91. The molecule has 0 bridgehead atoms. The summed E-state index contributed by atoms with van der Waals surface area (Å²) < 4.78 is 1.75. The summed E-state index contributed by atoms with van der Waals surface area (Å²) in [6.07, 6.45) is 10.4. The fourth-order valence-electron chi connectivity index (χ4n) is 4.38. The lowest BCUT2D eigenvalue weighted by atomic mass is 9.87. The molecule has 0 aliphatic carbocycles. The number of halogens is 1. The van der Waals surface area contributed by atoms with Gasteiger partial charge >= 0.3 is 0 Å². The highest BCUT2D eigenvalue weighted by atomic mass is 35.5. The third-order valence-electron chi connectivity index (χ3n) is 6.03. The number of carbonyl (C=O) groups is 1. The molecule has 8 heteroatoms. The van der Waals surface area contributed by atoms with Crippen LogP contribution in [0.2, 0.25) is 5.02 Å².